The van der Waals surface area contributed by atoms with E-state index in [9.17, 15) is 14.9 Å². The second kappa shape index (κ2) is 9.92. The first-order chi connectivity index (χ1) is 16.2. The third-order valence-corrected chi connectivity index (χ3v) is 6.10. The van der Waals surface area contributed by atoms with Crippen LogP contribution in [0.3, 0.4) is 0 Å². The summed E-state index contributed by atoms with van der Waals surface area (Å²) in [7, 11) is 0. The van der Waals surface area contributed by atoms with Crippen LogP contribution in [0.4, 0.5) is 5.69 Å². The molecule has 0 aliphatic carbocycles. The minimum absolute atomic E-state index is 0.00418. The largest absolute Gasteiger partial charge is 0.481 e. The van der Waals surface area contributed by atoms with Crippen molar-refractivity contribution in [2.24, 2.45) is 5.10 Å². The number of hydrogen-bond acceptors (Lipinski definition) is 6. The SMILES string of the molecule is Cc1nc2ccc(Br)cc2c(=O)n1N=Cc1cccc([N+](=O)[O-])c1OCc1ccc(Cl)c(Cl)c1. The van der Waals surface area contributed by atoms with E-state index in [4.69, 9.17) is 27.9 Å². The first kappa shape index (κ1) is 23.9. The van der Waals surface area contributed by atoms with Crippen LogP contribution in [0.2, 0.25) is 10.0 Å². The molecule has 0 spiro atoms. The van der Waals surface area contributed by atoms with Crippen molar-refractivity contribution in [1.82, 2.24) is 9.66 Å². The smallest absolute Gasteiger partial charge is 0.311 e. The topological polar surface area (TPSA) is 99.6 Å². The van der Waals surface area contributed by atoms with E-state index in [0.717, 1.165) is 9.15 Å². The first-order valence-corrected chi connectivity index (χ1v) is 11.4. The summed E-state index contributed by atoms with van der Waals surface area (Å²) in [5, 5.41) is 17.0. The lowest BCUT2D eigenvalue weighted by molar-refractivity contribution is -0.385. The Morgan fingerprint density at radius 3 is 2.71 bits per heavy atom. The third kappa shape index (κ3) is 4.96. The first-order valence-electron chi connectivity index (χ1n) is 9.82. The number of aromatic nitrogens is 2. The Balaban J connectivity index is 1.73. The maximum Gasteiger partial charge on any atom is 0.311 e. The number of aryl methyl sites for hydroxylation is 1. The van der Waals surface area contributed by atoms with E-state index >= 15 is 0 Å². The monoisotopic (exact) mass is 560 g/mol. The zero-order valence-electron chi connectivity index (χ0n) is 17.5. The number of nitro groups is 1. The summed E-state index contributed by atoms with van der Waals surface area (Å²) >= 11 is 15.3. The van der Waals surface area contributed by atoms with Crippen molar-refractivity contribution >= 4 is 61.9 Å². The average molecular weight is 562 g/mol. The Bertz CT molecular complexity index is 1520. The van der Waals surface area contributed by atoms with Crippen molar-refractivity contribution in [3.8, 4) is 5.75 Å². The van der Waals surface area contributed by atoms with Crippen molar-refractivity contribution in [3.63, 3.8) is 0 Å². The molecule has 0 fully saturated rings. The molecule has 0 saturated carbocycles. The number of nitro benzene ring substituents is 1. The summed E-state index contributed by atoms with van der Waals surface area (Å²) in [6.45, 7) is 1.66. The van der Waals surface area contributed by atoms with Gasteiger partial charge in [-0.1, -0.05) is 51.3 Å². The van der Waals surface area contributed by atoms with Crippen molar-refractivity contribution in [3.05, 3.63) is 107 Å². The Morgan fingerprint density at radius 1 is 1.18 bits per heavy atom. The molecule has 0 saturated heterocycles. The highest BCUT2D eigenvalue weighted by molar-refractivity contribution is 9.10. The van der Waals surface area contributed by atoms with Crippen molar-refractivity contribution in [1.29, 1.82) is 0 Å². The van der Waals surface area contributed by atoms with E-state index in [-0.39, 0.29) is 23.6 Å². The fourth-order valence-corrected chi connectivity index (χ4v) is 3.93. The third-order valence-electron chi connectivity index (χ3n) is 4.87. The van der Waals surface area contributed by atoms with E-state index in [0.29, 0.717) is 37.9 Å². The predicted octanol–water partition coefficient (Wildman–Crippen LogP) is 6.14. The van der Waals surface area contributed by atoms with Crippen molar-refractivity contribution < 1.29 is 9.66 Å². The number of para-hydroxylation sites is 1. The highest BCUT2D eigenvalue weighted by Crippen LogP contribution is 2.31. The maximum atomic E-state index is 13.0. The lowest BCUT2D eigenvalue weighted by Gasteiger charge is -2.11. The molecule has 8 nitrogen and oxygen atoms in total. The van der Waals surface area contributed by atoms with Crippen LogP contribution in [0.15, 0.2) is 69.0 Å². The molecule has 0 bridgehead atoms. The van der Waals surface area contributed by atoms with Crippen LogP contribution in [-0.4, -0.2) is 20.8 Å². The Hall–Kier alpha value is -3.27. The second-order valence-electron chi connectivity index (χ2n) is 7.17. The van der Waals surface area contributed by atoms with Gasteiger partial charge in [-0.3, -0.25) is 14.9 Å². The molecule has 34 heavy (non-hydrogen) atoms. The number of rotatable bonds is 6. The van der Waals surface area contributed by atoms with Gasteiger partial charge >= 0.3 is 5.69 Å². The zero-order chi connectivity index (χ0) is 24.4. The van der Waals surface area contributed by atoms with Gasteiger partial charge in [0.15, 0.2) is 0 Å². The zero-order valence-corrected chi connectivity index (χ0v) is 20.6. The lowest BCUT2D eigenvalue weighted by Crippen LogP contribution is -2.20. The minimum atomic E-state index is -0.548. The van der Waals surface area contributed by atoms with Gasteiger partial charge in [0, 0.05) is 16.1 Å². The predicted molar refractivity (Wildman–Crippen MR) is 135 cm³/mol. The fourth-order valence-electron chi connectivity index (χ4n) is 3.25. The van der Waals surface area contributed by atoms with E-state index < -0.39 is 4.92 Å². The van der Waals surface area contributed by atoms with Gasteiger partial charge < -0.3 is 4.74 Å². The highest BCUT2D eigenvalue weighted by atomic mass is 79.9. The molecule has 172 valence electrons. The number of hydrogen-bond donors (Lipinski definition) is 0. The molecule has 0 aliphatic heterocycles. The Morgan fingerprint density at radius 2 is 1.97 bits per heavy atom. The molecular formula is C23H15BrCl2N4O4. The van der Waals surface area contributed by atoms with Crippen LogP contribution in [0, 0.1) is 17.0 Å². The van der Waals surface area contributed by atoms with Crippen LogP contribution < -0.4 is 10.3 Å². The van der Waals surface area contributed by atoms with Gasteiger partial charge in [0.2, 0.25) is 5.75 Å². The molecule has 0 atom stereocenters. The molecule has 0 radical (unpaired) electrons. The second-order valence-corrected chi connectivity index (χ2v) is 8.90. The fraction of sp³-hybridized carbons (Fsp3) is 0.0870. The minimum Gasteiger partial charge on any atom is -0.481 e. The molecule has 0 unspecified atom stereocenters. The highest BCUT2D eigenvalue weighted by Gasteiger charge is 2.19. The van der Waals surface area contributed by atoms with Gasteiger partial charge in [-0.25, -0.2) is 4.98 Å². The molecule has 0 amide bonds. The average Bonchev–Trinajstić information content (AvgIpc) is 2.80. The summed E-state index contributed by atoms with van der Waals surface area (Å²) in [6, 6.07) is 14.6. The van der Waals surface area contributed by atoms with Crippen LogP contribution in [0.5, 0.6) is 5.75 Å². The summed E-state index contributed by atoms with van der Waals surface area (Å²) in [4.78, 5) is 28.5. The Kier molecular flexibility index (Phi) is 6.97. The number of halogens is 3. The van der Waals surface area contributed by atoms with E-state index in [2.05, 4.69) is 26.0 Å². The maximum absolute atomic E-state index is 13.0. The summed E-state index contributed by atoms with van der Waals surface area (Å²) in [5.41, 5.74) is 0.914. The number of benzene rings is 3. The van der Waals surface area contributed by atoms with Gasteiger partial charge in [-0.2, -0.15) is 9.78 Å². The molecule has 11 heteroatoms. The number of fused-ring (bicyclic) bond motifs is 1. The van der Waals surface area contributed by atoms with E-state index in [1.807, 2.05) is 0 Å². The molecule has 1 aromatic heterocycles. The van der Waals surface area contributed by atoms with Crippen molar-refractivity contribution in [2.75, 3.05) is 0 Å². The quantitative estimate of drug-likeness (QED) is 0.160. The normalized spacial score (nSPS) is 11.3. The molecule has 4 rings (SSSR count). The van der Waals surface area contributed by atoms with Crippen LogP contribution in [0.25, 0.3) is 10.9 Å². The summed E-state index contributed by atoms with van der Waals surface area (Å²) in [5.74, 6) is 0.365. The van der Waals surface area contributed by atoms with Crippen LogP contribution >= 0.6 is 39.1 Å². The van der Waals surface area contributed by atoms with Gasteiger partial charge in [-0.05, 0) is 48.9 Å². The molecule has 4 aromatic rings. The molecule has 1 heterocycles. The van der Waals surface area contributed by atoms with Gasteiger partial charge in [0.25, 0.3) is 5.56 Å². The molecule has 3 aromatic carbocycles. The molecular weight excluding hydrogens is 547 g/mol. The van der Waals surface area contributed by atoms with Gasteiger partial charge in [0.05, 0.1) is 32.1 Å². The van der Waals surface area contributed by atoms with Crippen LogP contribution in [-0.2, 0) is 6.61 Å². The lowest BCUT2D eigenvalue weighted by atomic mass is 10.2. The van der Waals surface area contributed by atoms with Gasteiger partial charge in [-0.15, -0.1) is 0 Å². The number of ether oxygens (including phenoxy) is 1. The van der Waals surface area contributed by atoms with Gasteiger partial charge in [0.1, 0.15) is 12.4 Å². The molecule has 0 N–H and O–H groups in total. The Labute approximate surface area is 211 Å². The van der Waals surface area contributed by atoms with Crippen molar-refractivity contribution in [2.45, 2.75) is 13.5 Å². The van der Waals surface area contributed by atoms with E-state index in [1.54, 1.807) is 49.4 Å². The summed E-state index contributed by atoms with van der Waals surface area (Å²) < 4.78 is 7.67. The number of nitrogens with zero attached hydrogens (tertiary/aromatic N) is 4. The summed E-state index contributed by atoms with van der Waals surface area (Å²) in [6.07, 6.45) is 1.33. The standard InChI is InChI=1S/C23H15BrCl2N4O4/c1-13-28-20-8-6-16(24)10-17(20)23(31)29(13)27-11-15-3-2-4-21(30(32)33)22(15)34-12-14-5-7-18(25)19(26)9-14/h2-11H,12H2,1H3. The van der Waals surface area contributed by atoms with Crippen LogP contribution in [0.1, 0.15) is 17.0 Å². The molecule has 0 aliphatic rings. The van der Waals surface area contributed by atoms with E-state index in [1.165, 1.54) is 18.3 Å².